The van der Waals surface area contributed by atoms with Gasteiger partial charge in [-0.05, 0) is 12.1 Å². The molecule has 102 valence electrons. The molecule has 1 N–H and O–H groups in total. The summed E-state index contributed by atoms with van der Waals surface area (Å²) in [7, 11) is 0. The van der Waals surface area contributed by atoms with Crippen LogP contribution < -0.4 is 5.32 Å². The minimum atomic E-state index is -0.425. The van der Waals surface area contributed by atoms with Gasteiger partial charge < -0.3 is 5.32 Å². The average molecular weight is 294 g/mol. The van der Waals surface area contributed by atoms with Crippen molar-refractivity contribution in [3.63, 3.8) is 0 Å². The first kappa shape index (κ1) is 12.2. The standard InChI is InChI=1S/C16H10N2O2S/c19-13-11-6-2-1-5-10(11)12-15(14(13)20)21-16(18-12)9-4-3-7-17-8-9/h1-8,18,21H. The summed E-state index contributed by atoms with van der Waals surface area (Å²) in [6.07, 6.45) is 3.44. The number of nitrogens with one attached hydrogen (secondary N) is 1. The van der Waals surface area contributed by atoms with Crippen LogP contribution in [-0.4, -0.2) is 21.5 Å². The quantitative estimate of drug-likeness (QED) is 0.478. The zero-order chi connectivity index (χ0) is 14.4. The van der Waals surface area contributed by atoms with Crippen LogP contribution in [0.4, 0.5) is 0 Å². The van der Waals surface area contributed by atoms with Gasteiger partial charge in [-0.3, -0.25) is 14.6 Å². The third-order valence-corrected chi connectivity index (χ3v) is 4.75. The normalized spacial score (nSPS) is 16.7. The molecule has 1 aromatic carbocycles. The third kappa shape index (κ3) is 1.78. The molecular formula is C16H10N2O2S. The summed E-state index contributed by atoms with van der Waals surface area (Å²) in [6.45, 7) is 0. The lowest BCUT2D eigenvalue weighted by molar-refractivity contribution is -0.111. The fourth-order valence-electron chi connectivity index (χ4n) is 2.50. The Morgan fingerprint density at radius 1 is 0.952 bits per heavy atom. The number of pyridine rings is 1. The van der Waals surface area contributed by atoms with Crippen LogP contribution in [0.3, 0.4) is 0 Å². The van der Waals surface area contributed by atoms with Crippen molar-refractivity contribution >= 4 is 33.6 Å². The van der Waals surface area contributed by atoms with E-state index in [1.165, 1.54) is 0 Å². The van der Waals surface area contributed by atoms with Gasteiger partial charge in [0.2, 0.25) is 11.6 Å². The summed E-state index contributed by atoms with van der Waals surface area (Å²) in [6, 6.07) is 11.0. The van der Waals surface area contributed by atoms with E-state index in [-0.39, 0.29) is 0 Å². The van der Waals surface area contributed by atoms with E-state index in [9.17, 15) is 9.59 Å². The molecule has 0 unspecified atom stereocenters. The molecule has 0 fully saturated rings. The predicted molar refractivity (Wildman–Crippen MR) is 83.2 cm³/mol. The summed E-state index contributed by atoms with van der Waals surface area (Å²) in [5.41, 5.74) is 2.93. The van der Waals surface area contributed by atoms with Crippen LogP contribution in [0.25, 0.3) is 5.70 Å². The van der Waals surface area contributed by atoms with Gasteiger partial charge in [-0.25, -0.2) is 0 Å². The van der Waals surface area contributed by atoms with Crippen molar-refractivity contribution in [1.29, 1.82) is 0 Å². The number of thiol groups is 1. The molecule has 0 saturated carbocycles. The van der Waals surface area contributed by atoms with Crippen LogP contribution in [-0.2, 0) is 4.79 Å². The van der Waals surface area contributed by atoms with Gasteiger partial charge in [-0.1, -0.05) is 24.3 Å². The summed E-state index contributed by atoms with van der Waals surface area (Å²) in [5.74, 6) is -0.845. The van der Waals surface area contributed by atoms with E-state index in [4.69, 9.17) is 0 Å². The van der Waals surface area contributed by atoms with Crippen molar-refractivity contribution in [3.8, 4) is 0 Å². The lowest BCUT2D eigenvalue weighted by atomic mass is 9.92. The molecule has 2 heterocycles. The topological polar surface area (TPSA) is 59.1 Å². The van der Waals surface area contributed by atoms with E-state index in [1.807, 2.05) is 24.3 Å². The Hall–Kier alpha value is -2.53. The predicted octanol–water partition coefficient (Wildman–Crippen LogP) is 1.76. The number of fused-ring (bicyclic) bond motifs is 2. The smallest absolute Gasteiger partial charge is 0.241 e. The molecular weight excluding hydrogens is 284 g/mol. The van der Waals surface area contributed by atoms with Crippen LogP contribution in [0.15, 0.2) is 53.7 Å². The van der Waals surface area contributed by atoms with Crippen LogP contribution in [0, 0.1) is 0 Å². The fraction of sp³-hybridized carbons (Fsp3) is 0. The number of benzene rings is 1. The number of Topliss-reactive ketones (excluding diaryl/α,β-unsaturated/α-hetero) is 2. The molecule has 2 aromatic rings. The molecule has 0 spiro atoms. The van der Waals surface area contributed by atoms with E-state index in [0.717, 1.165) is 33.2 Å². The highest BCUT2D eigenvalue weighted by Gasteiger charge is 2.34. The Morgan fingerprint density at radius 3 is 2.52 bits per heavy atom. The molecule has 1 aliphatic heterocycles. The summed E-state index contributed by atoms with van der Waals surface area (Å²) in [4.78, 5) is 29.9. The second-order valence-corrected chi connectivity index (χ2v) is 5.87. The number of carbonyl (C=O) groups is 2. The molecule has 21 heavy (non-hydrogen) atoms. The van der Waals surface area contributed by atoms with Gasteiger partial charge in [0, 0.05) is 29.1 Å². The maximum Gasteiger partial charge on any atom is 0.241 e. The molecule has 1 aromatic heterocycles. The number of hydrogen-bond donors (Lipinski definition) is 2. The van der Waals surface area contributed by atoms with Gasteiger partial charge in [-0.2, -0.15) is 0 Å². The SMILES string of the molecule is O=C1C(=O)c2ccccc2C2=C1[SH]=C(c1cccnc1)N2. The molecule has 4 nitrogen and oxygen atoms in total. The Balaban J connectivity index is 1.85. The van der Waals surface area contributed by atoms with Crippen molar-refractivity contribution in [2.24, 2.45) is 0 Å². The van der Waals surface area contributed by atoms with E-state index < -0.39 is 11.6 Å². The highest BCUT2D eigenvalue weighted by atomic mass is 32.1. The average Bonchev–Trinajstić information content (AvgIpc) is 2.99. The van der Waals surface area contributed by atoms with E-state index >= 15 is 0 Å². The van der Waals surface area contributed by atoms with Crippen molar-refractivity contribution < 1.29 is 9.59 Å². The molecule has 2 aliphatic rings. The number of nitrogens with zero attached hydrogens (tertiary/aromatic N) is 1. The van der Waals surface area contributed by atoms with Crippen LogP contribution in [0.5, 0.6) is 0 Å². The van der Waals surface area contributed by atoms with Gasteiger partial charge in [0.25, 0.3) is 0 Å². The molecule has 1 aliphatic carbocycles. The molecule has 4 rings (SSSR count). The van der Waals surface area contributed by atoms with Gasteiger partial charge in [-0.15, -0.1) is 11.4 Å². The number of rotatable bonds is 1. The van der Waals surface area contributed by atoms with Gasteiger partial charge in [0.05, 0.1) is 15.6 Å². The van der Waals surface area contributed by atoms with Gasteiger partial charge in [0.1, 0.15) is 0 Å². The van der Waals surface area contributed by atoms with E-state index in [2.05, 4.69) is 10.3 Å². The number of hydrogen-bond acceptors (Lipinski definition) is 4. The van der Waals surface area contributed by atoms with Crippen LogP contribution >= 0.6 is 11.4 Å². The van der Waals surface area contributed by atoms with Crippen LogP contribution in [0.2, 0.25) is 0 Å². The number of allylic oxidation sites excluding steroid dienone is 1. The van der Waals surface area contributed by atoms with E-state index in [0.29, 0.717) is 10.5 Å². The highest BCUT2D eigenvalue weighted by molar-refractivity contribution is 8.04. The second kappa shape index (κ2) is 4.49. The van der Waals surface area contributed by atoms with Crippen molar-refractivity contribution in [3.05, 3.63) is 70.4 Å². The second-order valence-electron chi connectivity index (χ2n) is 4.75. The maximum absolute atomic E-state index is 12.3. The highest BCUT2D eigenvalue weighted by Crippen LogP contribution is 2.35. The Bertz CT molecular complexity index is 854. The molecule has 0 amide bonds. The largest absolute Gasteiger partial charge is 0.349 e. The van der Waals surface area contributed by atoms with Gasteiger partial charge >= 0.3 is 0 Å². The molecule has 5 heteroatoms. The zero-order valence-corrected chi connectivity index (χ0v) is 11.7. The summed E-state index contributed by atoms with van der Waals surface area (Å²) >= 11 is 0.729. The molecule has 0 saturated heterocycles. The monoisotopic (exact) mass is 294 g/mol. The Labute approximate surface area is 124 Å². The first-order valence-corrected chi connectivity index (χ1v) is 7.34. The summed E-state index contributed by atoms with van der Waals surface area (Å²) < 4.78 is 0. The minimum absolute atomic E-state index is 0.420. The maximum atomic E-state index is 12.3. The van der Waals surface area contributed by atoms with Crippen molar-refractivity contribution in [2.45, 2.75) is 0 Å². The van der Waals surface area contributed by atoms with Gasteiger partial charge in [0.15, 0.2) is 0 Å². The van der Waals surface area contributed by atoms with Crippen molar-refractivity contribution in [1.82, 2.24) is 10.3 Å². The first-order valence-electron chi connectivity index (χ1n) is 6.44. The molecule has 0 radical (unpaired) electrons. The number of aromatic nitrogens is 1. The minimum Gasteiger partial charge on any atom is -0.349 e. The number of carbonyl (C=O) groups excluding carboxylic acids is 2. The van der Waals surface area contributed by atoms with E-state index in [1.54, 1.807) is 24.5 Å². The van der Waals surface area contributed by atoms with Crippen molar-refractivity contribution in [2.75, 3.05) is 0 Å². The fourth-order valence-corrected chi connectivity index (χ4v) is 3.64. The molecule has 0 bridgehead atoms. The lowest BCUT2D eigenvalue weighted by Gasteiger charge is -2.16. The van der Waals surface area contributed by atoms with Crippen LogP contribution in [0.1, 0.15) is 21.5 Å². The number of ketones is 2. The first-order chi connectivity index (χ1) is 10.3. The summed E-state index contributed by atoms with van der Waals surface area (Å²) in [5, 5.41) is 3.29. The third-order valence-electron chi connectivity index (χ3n) is 3.50. The Kier molecular flexibility index (Phi) is 2.62. The molecule has 0 atom stereocenters. The lowest BCUT2D eigenvalue weighted by Crippen LogP contribution is -2.26. The Morgan fingerprint density at radius 2 is 1.76 bits per heavy atom. The zero-order valence-electron chi connectivity index (χ0n) is 10.8.